The third kappa shape index (κ3) is 3.94. The fourth-order valence-corrected chi connectivity index (χ4v) is 3.90. The topological polar surface area (TPSA) is 64.4 Å². The number of imide groups is 1. The Morgan fingerprint density at radius 3 is 2.27 bits per heavy atom. The fourth-order valence-electron chi connectivity index (χ4n) is 3.90. The van der Waals surface area contributed by atoms with Crippen LogP contribution in [-0.4, -0.2) is 33.6 Å². The molecule has 6 heteroatoms. The van der Waals surface area contributed by atoms with Crippen molar-refractivity contribution in [3.8, 4) is 11.4 Å². The lowest BCUT2D eigenvalue weighted by atomic mass is 9.92. The molecule has 0 atom stereocenters. The third-order valence-electron chi connectivity index (χ3n) is 5.60. The molecule has 0 bridgehead atoms. The SMILES string of the molecule is COc1ccc(CN2C(=O)/C(=C/c3cnn(-c4ccccc4)c3)c3ccccc3C2=O)cc1. The van der Waals surface area contributed by atoms with Crippen LogP contribution in [-0.2, 0) is 11.3 Å². The number of carbonyl (C=O) groups excluding carboxylic acids is 2. The molecule has 6 nitrogen and oxygen atoms in total. The zero-order valence-electron chi connectivity index (χ0n) is 18.0. The minimum Gasteiger partial charge on any atom is -0.497 e. The van der Waals surface area contributed by atoms with Gasteiger partial charge in [0.2, 0.25) is 0 Å². The molecule has 162 valence electrons. The molecule has 0 N–H and O–H groups in total. The van der Waals surface area contributed by atoms with Gasteiger partial charge in [0.05, 0.1) is 25.5 Å². The van der Waals surface area contributed by atoms with E-state index in [9.17, 15) is 9.59 Å². The Balaban J connectivity index is 1.52. The first kappa shape index (κ1) is 20.5. The van der Waals surface area contributed by atoms with Crippen LogP contribution >= 0.6 is 0 Å². The van der Waals surface area contributed by atoms with Gasteiger partial charge in [0.1, 0.15) is 5.75 Å². The summed E-state index contributed by atoms with van der Waals surface area (Å²) in [5.41, 5.74) is 4.14. The summed E-state index contributed by atoms with van der Waals surface area (Å²) >= 11 is 0. The van der Waals surface area contributed by atoms with Gasteiger partial charge in [-0.15, -0.1) is 0 Å². The molecular weight excluding hydrogens is 414 g/mol. The molecule has 33 heavy (non-hydrogen) atoms. The van der Waals surface area contributed by atoms with Crippen LogP contribution in [0.1, 0.15) is 27.0 Å². The maximum absolute atomic E-state index is 13.5. The van der Waals surface area contributed by atoms with Gasteiger partial charge in [-0.25, -0.2) is 4.68 Å². The van der Waals surface area contributed by atoms with Gasteiger partial charge in [-0.05, 0) is 47.5 Å². The molecule has 1 aliphatic heterocycles. The third-order valence-corrected chi connectivity index (χ3v) is 5.60. The predicted molar refractivity (Wildman–Crippen MR) is 126 cm³/mol. The number of methoxy groups -OCH3 is 1. The normalized spacial score (nSPS) is 14.5. The van der Waals surface area contributed by atoms with Crippen molar-refractivity contribution in [1.29, 1.82) is 0 Å². The summed E-state index contributed by atoms with van der Waals surface area (Å²) in [4.78, 5) is 28.0. The maximum atomic E-state index is 13.5. The van der Waals surface area contributed by atoms with E-state index in [-0.39, 0.29) is 18.4 Å². The van der Waals surface area contributed by atoms with Crippen LogP contribution in [0.4, 0.5) is 0 Å². The Labute approximate surface area is 191 Å². The molecule has 4 aromatic rings. The zero-order valence-corrected chi connectivity index (χ0v) is 18.0. The molecule has 1 aliphatic rings. The molecule has 0 unspecified atom stereocenters. The van der Waals surface area contributed by atoms with Crippen LogP contribution in [0.15, 0.2) is 91.3 Å². The van der Waals surface area contributed by atoms with Gasteiger partial charge < -0.3 is 4.74 Å². The molecule has 0 saturated heterocycles. The smallest absolute Gasteiger partial charge is 0.261 e. The molecule has 3 aromatic carbocycles. The summed E-state index contributed by atoms with van der Waals surface area (Å²) < 4.78 is 6.96. The predicted octanol–water partition coefficient (Wildman–Crippen LogP) is 4.60. The Kier molecular flexibility index (Phi) is 5.32. The summed E-state index contributed by atoms with van der Waals surface area (Å²) in [6.45, 7) is 0.177. The number of benzene rings is 3. The van der Waals surface area contributed by atoms with Crippen molar-refractivity contribution < 1.29 is 14.3 Å². The van der Waals surface area contributed by atoms with Crippen molar-refractivity contribution in [3.05, 3.63) is 114 Å². The molecule has 2 amide bonds. The Morgan fingerprint density at radius 2 is 1.55 bits per heavy atom. The number of ether oxygens (including phenoxy) is 1. The second-order valence-corrected chi connectivity index (χ2v) is 7.70. The number of para-hydroxylation sites is 1. The van der Waals surface area contributed by atoms with Gasteiger partial charge in [0.25, 0.3) is 11.8 Å². The van der Waals surface area contributed by atoms with Gasteiger partial charge in [0.15, 0.2) is 0 Å². The van der Waals surface area contributed by atoms with Crippen LogP contribution in [0, 0.1) is 0 Å². The van der Waals surface area contributed by atoms with E-state index in [1.807, 2.05) is 79.0 Å². The van der Waals surface area contributed by atoms with E-state index in [1.54, 1.807) is 30.1 Å². The first-order chi connectivity index (χ1) is 16.1. The molecule has 0 fully saturated rings. The highest BCUT2D eigenvalue weighted by Gasteiger charge is 2.34. The fraction of sp³-hybridized carbons (Fsp3) is 0.0741. The Bertz CT molecular complexity index is 1350. The average molecular weight is 435 g/mol. The maximum Gasteiger partial charge on any atom is 0.261 e. The van der Waals surface area contributed by atoms with Gasteiger partial charge in [-0.1, -0.05) is 48.5 Å². The van der Waals surface area contributed by atoms with Crippen molar-refractivity contribution in [2.24, 2.45) is 0 Å². The van der Waals surface area contributed by atoms with Gasteiger partial charge >= 0.3 is 0 Å². The first-order valence-electron chi connectivity index (χ1n) is 10.5. The molecule has 0 saturated carbocycles. The number of fused-ring (bicyclic) bond motifs is 1. The molecule has 2 heterocycles. The van der Waals surface area contributed by atoms with Gasteiger partial charge in [0, 0.05) is 22.9 Å². The molecule has 5 rings (SSSR count). The zero-order chi connectivity index (χ0) is 22.8. The second kappa shape index (κ2) is 8.59. The van der Waals surface area contributed by atoms with E-state index in [0.717, 1.165) is 22.6 Å². The molecule has 0 aliphatic carbocycles. The Hall–Kier alpha value is -4.45. The number of rotatable bonds is 5. The first-order valence-corrected chi connectivity index (χ1v) is 10.5. The van der Waals surface area contributed by atoms with Crippen LogP contribution in [0.5, 0.6) is 5.75 Å². The monoisotopic (exact) mass is 435 g/mol. The lowest BCUT2D eigenvalue weighted by molar-refractivity contribution is -0.123. The van der Waals surface area contributed by atoms with E-state index in [1.165, 1.54) is 4.90 Å². The van der Waals surface area contributed by atoms with Crippen molar-refractivity contribution in [2.45, 2.75) is 6.54 Å². The quantitative estimate of drug-likeness (QED) is 0.339. The lowest BCUT2D eigenvalue weighted by Crippen LogP contribution is -2.41. The van der Waals surface area contributed by atoms with E-state index in [2.05, 4.69) is 5.10 Å². The second-order valence-electron chi connectivity index (χ2n) is 7.70. The number of carbonyl (C=O) groups is 2. The molecule has 0 radical (unpaired) electrons. The summed E-state index contributed by atoms with van der Waals surface area (Å²) in [5.74, 6) is 0.0851. The van der Waals surface area contributed by atoms with Gasteiger partial charge in [-0.3, -0.25) is 14.5 Å². The minimum atomic E-state index is -0.332. The lowest BCUT2D eigenvalue weighted by Gasteiger charge is -2.28. The highest BCUT2D eigenvalue weighted by Crippen LogP contribution is 2.31. The number of amides is 2. The van der Waals surface area contributed by atoms with E-state index in [4.69, 9.17) is 4.74 Å². The number of aromatic nitrogens is 2. The standard InChI is InChI=1S/C27H21N3O3/c1-33-22-13-11-19(12-14-22)17-29-26(31)24-10-6-5-9-23(24)25(27(29)32)15-20-16-28-30(18-20)21-7-3-2-4-8-21/h2-16,18H,17H2,1H3/b25-15+. The van der Waals surface area contributed by atoms with Crippen molar-refractivity contribution in [3.63, 3.8) is 0 Å². The summed E-state index contributed by atoms with van der Waals surface area (Å²) in [6, 6.07) is 24.3. The summed E-state index contributed by atoms with van der Waals surface area (Å²) in [6.07, 6.45) is 5.36. The average Bonchev–Trinajstić information content (AvgIpc) is 3.34. The van der Waals surface area contributed by atoms with E-state index in [0.29, 0.717) is 16.7 Å². The van der Waals surface area contributed by atoms with Crippen molar-refractivity contribution >= 4 is 23.5 Å². The molecule has 0 spiro atoms. The Morgan fingerprint density at radius 1 is 0.848 bits per heavy atom. The summed E-state index contributed by atoms with van der Waals surface area (Å²) in [7, 11) is 1.60. The highest BCUT2D eigenvalue weighted by atomic mass is 16.5. The van der Waals surface area contributed by atoms with Crippen LogP contribution in [0.2, 0.25) is 0 Å². The van der Waals surface area contributed by atoms with Crippen LogP contribution in [0.3, 0.4) is 0 Å². The molecule has 1 aromatic heterocycles. The minimum absolute atomic E-state index is 0.177. The van der Waals surface area contributed by atoms with Crippen molar-refractivity contribution in [2.75, 3.05) is 7.11 Å². The van der Waals surface area contributed by atoms with E-state index >= 15 is 0 Å². The van der Waals surface area contributed by atoms with Gasteiger partial charge in [-0.2, -0.15) is 5.10 Å². The van der Waals surface area contributed by atoms with Crippen LogP contribution in [0.25, 0.3) is 17.3 Å². The molecular formula is C27H21N3O3. The van der Waals surface area contributed by atoms with E-state index < -0.39 is 0 Å². The largest absolute Gasteiger partial charge is 0.497 e. The van der Waals surface area contributed by atoms with Crippen molar-refractivity contribution in [1.82, 2.24) is 14.7 Å². The number of hydrogen-bond donors (Lipinski definition) is 0. The number of hydrogen-bond acceptors (Lipinski definition) is 4. The number of nitrogens with zero attached hydrogens (tertiary/aromatic N) is 3. The van der Waals surface area contributed by atoms with Crippen LogP contribution < -0.4 is 4.74 Å². The summed E-state index contributed by atoms with van der Waals surface area (Å²) in [5, 5.41) is 4.42. The highest BCUT2D eigenvalue weighted by molar-refractivity contribution is 6.33.